The van der Waals surface area contributed by atoms with Crippen molar-refractivity contribution in [1.29, 1.82) is 0 Å². The minimum Gasteiger partial charge on any atom is -0.367 e. The van der Waals surface area contributed by atoms with Gasteiger partial charge in [-0.3, -0.25) is 0 Å². The van der Waals surface area contributed by atoms with Crippen molar-refractivity contribution in [3.05, 3.63) is 17.8 Å². The van der Waals surface area contributed by atoms with Gasteiger partial charge in [0.15, 0.2) is 0 Å². The maximum Gasteiger partial charge on any atom is 0.148 e. The summed E-state index contributed by atoms with van der Waals surface area (Å²) in [5.74, 6) is 0.771. The maximum atomic E-state index is 5.75. The Kier molecular flexibility index (Phi) is 3.29. The minimum absolute atomic E-state index is 0.105. The van der Waals surface area contributed by atoms with Gasteiger partial charge in [-0.15, -0.1) is 16.7 Å². The molecule has 0 radical (unpaired) electrons. The van der Waals surface area contributed by atoms with Gasteiger partial charge < -0.3 is 5.32 Å². The fourth-order valence-corrected chi connectivity index (χ4v) is 0.816. The van der Waals surface area contributed by atoms with Gasteiger partial charge in [0.2, 0.25) is 0 Å². The van der Waals surface area contributed by atoms with Crippen LogP contribution in [0.2, 0.25) is 0 Å². The number of alkyl halides is 1. The zero-order valence-corrected chi connectivity index (χ0v) is 7.97. The average Bonchev–Trinajstić information content (AvgIpc) is 2.03. The van der Waals surface area contributed by atoms with Gasteiger partial charge in [-0.05, 0) is 26.0 Å². The monoisotopic (exact) mass is 185 g/mol. The molecule has 1 rings (SSSR count). The number of anilines is 1. The van der Waals surface area contributed by atoms with Crippen LogP contribution in [-0.4, -0.2) is 22.1 Å². The van der Waals surface area contributed by atoms with Gasteiger partial charge in [0.25, 0.3) is 0 Å². The summed E-state index contributed by atoms with van der Waals surface area (Å²) in [6.45, 7) is 4.54. The first-order chi connectivity index (χ1) is 5.68. The first-order valence-electron chi connectivity index (χ1n) is 3.87. The highest BCUT2D eigenvalue weighted by Gasteiger charge is 1.97. The van der Waals surface area contributed by atoms with E-state index in [-0.39, 0.29) is 5.38 Å². The van der Waals surface area contributed by atoms with Gasteiger partial charge in [-0.2, -0.15) is 5.10 Å². The minimum atomic E-state index is 0.105. The molecule has 0 aliphatic rings. The lowest BCUT2D eigenvalue weighted by Crippen LogP contribution is -2.11. The Labute approximate surface area is 77.2 Å². The number of hydrogen-bond acceptors (Lipinski definition) is 3. The quantitative estimate of drug-likeness (QED) is 0.731. The Morgan fingerprint density at radius 3 is 2.75 bits per heavy atom. The predicted octanol–water partition coefficient (Wildman–Crippen LogP) is 1.82. The van der Waals surface area contributed by atoms with E-state index >= 15 is 0 Å². The summed E-state index contributed by atoms with van der Waals surface area (Å²) in [4.78, 5) is 0. The van der Waals surface area contributed by atoms with E-state index in [1.165, 1.54) is 0 Å². The first-order valence-corrected chi connectivity index (χ1v) is 4.30. The Bertz CT molecular complexity index is 233. The summed E-state index contributed by atoms with van der Waals surface area (Å²) in [5, 5.41) is 11.0. The molecule has 0 spiro atoms. The zero-order valence-electron chi connectivity index (χ0n) is 7.21. The molecule has 0 aliphatic heterocycles. The summed E-state index contributed by atoms with van der Waals surface area (Å²) < 4.78 is 0. The lowest BCUT2D eigenvalue weighted by Gasteiger charge is -2.05. The van der Waals surface area contributed by atoms with Crippen LogP contribution >= 0.6 is 11.6 Å². The normalized spacial score (nSPS) is 12.6. The largest absolute Gasteiger partial charge is 0.367 e. The third-order valence-corrected chi connectivity index (χ3v) is 1.52. The van der Waals surface area contributed by atoms with Crippen LogP contribution in [0.3, 0.4) is 0 Å². The number of nitrogens with zero attached hydrogens (tertiary/aromatic N) is 2. The molecule has 0 aliphatic carbocycles. The summed E-state index contributed by atoms with van der Waals surface area (Å²) >= 11 is 5.75. The van der Waals surface area contributed by atoms with Gasteiger partial charge in [-0.25, -0.2) is 0 Å². The van der Waals surface area contributed by atoms with E-state index in [4.69, 9.17) is 11.6 Å². The van der Waals surface area contributed by atoms with Crippen molar-refractivity contribution in [3.63, 3.8) is 0 Å². The third kappa shape index (κ3) is 3.05. The first kappa shape index (κ1) is 9.26. The molecule has 12 heavy (non-hydrogen) atoms. The Morgan fingerprint density at radius 2 is 2.25 bits per heavy atom. The fourth-order valence-electron chi connectivity index (χ4n) is 0.738. The Morgan fingerprint density at radius 1 is 1.50 bits per heavy atom. The van der Waals surface area contributed by atoms with Crippen molar-refractivity contribution in [2.45, 2.75) is 19.2 Å². The molecule has 0 saturated carbocycles. The molecule has 0 fully saturated rings. The molecule has 0 aromatic carbocycles. The molecular formula is C8H12ClN3. The highest BCUT2D eigenvalue weighted by molar-refractivity contribution is 6.20. The second kappa shape index (κ2) is 4.26. The van der Waals surface area contributed by atoms with E-state index in [9.17, 15) is 0 Å². The van der Waals surface area contributed by atoms with Crippen molar-refractivity contribution in [1.82, 2.24) is 10.2 Å². The summed E-state index contributed by atoms with van der Waals surface area (Å²) in [7, 11) is 0. The molecule has 1 atom stereocenters. The average molecular weight is 186 g/mol. The van der Waals surface area contributed by atoms with Gasteiger partial charge in [-0.1, -0.05) is 0 Å². The molecule has 1 unspecified atom stereocenters. The summed E-state index contributed by atoms with van der Waals surface area (Å²) in [6, 6.07) is 3.80. The fraction of sp³-hybridized carbons (Fsp3) is 0.500. The van der Waals surface area contributed by atoms with Crippen molar-refractivity contribution in [2.24, 2.45) is 0 Å². The van der Waals surface area contributed by atoms with Gasteiger partial charge in [0.1, 0.15) is 5.82 Å². The number of aryl methyl sites for hydroxylation is 1. The second-order valence-electron chi connectivity index (χ2n) is 2.72. The second-order valence-corrected chi connectivity index (χ2v) is 3.47. The molecule has 0 bridgehead atoms. The van der Waals surface area contributed by atoms with Gasteiger partial charge in [0, 0.05) is 11.9 Å². The molecule has 1 aromatic heterocycles. The van der Waals surface area contributed by atoms with Crippen molar-refractivity contribution < 1.29 is 0 Å². The SMILES string of the molecule is Cc1ccc(NCC(C)Cl)nn1. The lowest BCUT2D eigenvalue weighted by atomic mass is 10.4. The lowest BCUT2D eigenvalue weighted by molar-refractivity contribution is 0.933. The van der Waals surface area contributed by atoms with Crippen LogP contribution in [0.25, 0.3) is 0 Å². The van der Waals surface area contributed by atoms with E-state index in [0.717, 1.165) is 11.5 Å². The number of nitrogens with one attached hydrogen (secondary N) is 1. The highest BCUT2D eigenvalue weighted by Crippen LogP contribution is 2.02. The number of halogens is 1. The molecule has 0 amide bonds. The van der Waals surface area contributed by atoms with E-state index < -0.39 is 0 Å². The summed E-state index contributed by atoms with van der Waals surface area (Å²) in [6.07, 6.45) is 0. The predicted molar refractivity (Wildman–Crippen MR) is 50.6 cm³/mol. The third-order valence-electron chi connectivity index (χ3n) is 1.36. The zero-order chi connectivity index (χ0) is 8.97. The molecule has 0 saturated heterocycles. The molecular weight excluding hydrogens is 174 g/mol. The number of hydrogen-bond donors (Lipinski definition) is 1. The van der Waals surface area contributed by atoms with Crippen LogP contribution in [0.5, 0.6) is 0 Å². The molecule has 66 valence electrons. The molecule has 1 N–H and O–H groups in total. The van der Waals surface area contributed by atoms with E-state index in [2.05, 4.69) is 15.5 Å². The van der Waals surface area contributed by atoms with Gasteiger partial charge in [0.05, 0.1) is 5.69 Å². The van der Waals surface area contributed by atoms with E-state index in [0.29, 0.717) is 6.54 Å². The number of rotatable bonds is 3. The van der Waals surface area contributed by atoms with Crippen LogP contribution < -0.4 is 5.32 Å². The van der Waals surface area contributed by atoms with Crippen molar-refractivity contribution >= 4 is 17.4 Å². The van der Waals surface area contributed by atoms with E-state index in [1.807, 2.05) is 26.0 Å². The van der Waals surface area contributed by atoms with Crippen molar-refractivity contribution in [2.75, 3.05) is 11.9 Å². The van der Waals surface area contributed by atoms with Crippen LogP contribution in [0, 0.1) is 6.92 Å². The smallest absolute Gasteiger partial charge is 0.148 e. The van der Waals surface area contributed by atoms with Crippen LogP contribution in [0.4, 0.5) is 5.82 Å². The highest BCUT2D eigenvalue weighted by atomic mass is 35.5. The number of aromatic nitrogens is 2. The van der Waals surface area contributed by atoms with Crippen LogP contribution in [0.1, 0.15) is 12.6 Å². The Balaban J connectivity index is 2.48. The molecule has 1 aromatic rings. The van der Waals surface area contributed by atoms with Crippen LogP contribution in [-0.2, 0) is 0 Å². The topological polar surface area (TPSA) is 37.8 Å². The molecule has 3 nitrogen and oxygen atoms in total. The van der Waals surface area contributed by atoms with E-state index in [1.54, 1.807) is 0 Å². The summed E-state index contributed by atoms with van der Waals surface area (Å²) in [5.41, 5.74) is 0.916. The maximum absolute atomic E-state index is 5.75. The molecule has 4 heteroatoms. The molecule has 1 heterocycles. The van der Waals surface area contributed by atoms with Crippen molar-refractivity contribution in [3.8, 4) is 0 Å². The van der Waals surface area contributed by atoms with Crippen LogP contribution in [0.15, 0.2) is 12.1 Å². The Hall–Kier alpha value is -0.830. The van der Waals surface area contributed by atoms with Gasteiger partial charge >= 0.3 is 0 Å². The standard InChI is InChI=1S/C8H12ClN3/c1-6(9)5-10-8-4-3-7(2)11-12-8/h3-4,6H,5H2,1-2H3,(H,10,12).